The highest BCUT2D eigenvalue weighted by Gasteiger charge is 2.18. The molecule has 3 rings (SSSR count). The normalized spacial score (nSPS) is 16.6. The summed E-state index contributed by atoms with van der Waals surface area (Å²) in [4.78, 5) is 14.5. The van der Waals surface area contributed by atoms with E-state index in [1.807, 2.05) is 42.5 Å². The Bertz CT molecular complexity index is 854. The summed E-state index contributed by atoms with van der Waals surface area (Å²) in [5.41, 5.74) is 2.75. The fourth-order valence-corrected chi connectivity index (χ4v) is 2.99. The van der Waals surface area contributed by atoms with Crippen LogP contribution in [0.3, 0.4) is 0 Å². The highest BCUT2D eigenvalue weighted by Crippen LogP contribution is 2.22. The number of hydrogen-bond donors (Lipinski definition) is 1. The van der Waals surface area contributed by atoms with Gasteiger partial charge in [0.15, 0.2) is 6.61 Å². The van der Waals surface area contributed by atoms with Crippen LogP contribution in [0.1, 0.15) is 12.5 Å². The zero-order valence-corrected chi connectivity index (χ0v) is 15.8. The minimum atomic E-state index is -0.197. The molecular weight excluding hydrogens is 354 g/mol. The van der Waals surface area contributed by atoms with Crippen molar-refractivity contribution in [3.63, 3.8) is 0 Å². The fourth-order valence-electron chi connectivity index (χ4n) is 2.99. The van der Waals surface area contributed by atoms with E-state index < -0.39 is 0 Å². The zero-order valence-electron chi connectivity index (χ0n) is 15.8. The van der Waals surface area contributed by atoms with Crippen molar-refractivity contribution in [3.05, 3.63) is 60.2 Å². The van der Waals surface area contributed by atoms with Gasteiger partial charge in [0.2, 0.25) is 5.91 Å². The Balaban J connectivity index is 1.54. The molecule has 2 aromatic carbocycles. The van der Waals surface area contributed by atoms with Crippen LogP contribution in [0.25, 0.3) is 6.08 Å². The number of nitrogens with zero attached hydrogens (tertiary/aromatic N) is 2. The van der Waals surface area contributed by atoms with Gasteiger partial charge in [0.25, 0.3) is 0 Å². The van der Waals surface area contributed by atoms with Crippen molar-refractivity contribution in [2.75, 3.05) is 36.6 Å². The molecule has 0 saturated carbocycles. The van der Waals surface area contributed by atoms with E-state index in [0.29, 0.717) is 11.8 Å². The maximum absolute atomic E-state index is 12.1. The van der Waals surface area contributed by atoms with E-state index in [1.54, 1.807) is 18.2 Å². The van der Waals surface area contributed by atoms with Crippen LogP contribution in [0.2, 0.25) is 0 Å². The zero-order chi connectivity index (χ0) is 19.8. The van der Waals surface area contributed by atoms with Gasteiger partial charge in [-0.25, -0.2) is 0 Å². The van der Waals surface area contributed by atoms with Crippen molar-refractivity contribution in [3.8, 4) is 11.8 Å². The fraction of sp³-hybridized carbons (Fsp3) is 0.273. The number of amides is 1. The Hall–Kier alpha value is -3.30. The number of benzene rings is 2. The number of nitrogens with one attached hydrogen (secondary N) is 1. The van der Waals surface area contributed by atoms with Gasteiger partial charge in [-0.15, -0.1) is 0 Å². The average Bonchev–Trinajstić information content (AvgIpc) is 2.72. The first-order chi connectivity index (χ1) is 13.7. The molecule has 144 valence electrons. The van der Waals surface area contributed by atoms with Gasteiger partial charge < -0.3 is 19.7 Å². The number of carbonyl (C=O) groups excluding carboxylic acids is 1. The number of carbonyl (C=O) groups is 1. The summed E-state index contributed by atoms with van der Waals surface area (Å²) in [5.74, 6) is 0.426. The summed E-state index contributed by atoms with van der Waals surface area (Å²) >= 11 is 0. The van der Waals surface area contributed by atoms with Crippen LogP contribution in [-0.2, 0) is 9.53 Å². The van der Waals surface area contributed by atoms with E-state index in [1.165, 1.54) is 6.08 Å². The molecule has 1 N–H and O–H groups in total. The van der Waals surface area contributed by atoms with Crippen molar-refractivity contribution in [1.29, 1.82) is 5.26 Å². The highest BCUT2D eigenvalue weighted by molar-refractivity contribution is 6.02. The summed E-state index contributed by atoms with van der Waals surface area (Å²) < 4.78 is 10.7. The standard InChI is InChI=1S/C22H23N3O3/c1-17-16-27-15-13-25(17)20-7-5-19(6-8-20)24-22(26)11-4-18-2-9-21(10-3-18)28-14-12-23/h2-11,17H,13-16H2,1H3,(H,24,26)/b11-4+. The van der Waals surface area contributed by atoms with Gasteiger partial charge >= 0.3 is 0 Å². The van der Waals surface area contributed by atoms with E-state index in [2.05, 4.69) is 17.1 Å². The Morgan fingerprint density at radius 1 is 1.29 bits per heavy atom. The smallest absolute Gasteiger partial charge is 0.248 e. The topological polar surface area (TPSA) is 74.6 Å². The molecule has 6 nitrogen and oxygen atoms in total. The summed E-state index contributed by atoms with van der Waals surface area (Å²) in [6, 6.07) is 17.3. The second kappa shape index (κ2) is 9.58. The lowest BCUT2D eigenvalue weighted by Crippen LogP contribution is -2.43. The van der Waals surface area contributed by atoms with Crippen molar-refractivity contribution in [2.45, 2.75) is 13.0 Å². The maximum Gasteiger partial charge on any atom is 0.248 e. The summed E-state index contributed by atoms with van der Waals surface area (Å²) in [7, 11) is 0. The first-order valence-corrected chi connectivity index (χ1v) is 9.19. The van der Waals surface area contributed by atoms with Gasteiger partial charge in [-0.1, -0.05) is 12.1 Å². The predicted molar refractivity (Wildman–Crippen MR) is 109 cm³/mol. The van der Waals surface area contributed by atoms with E-state index in [4.69, 9.17) is 14.7 Å². The number of rotatable bonds is 6. The van der Waals surface area contributed by atoms with E-state index in [0.717, 1.165) is 36.7 Å². The first-order valence-electron chi connectivity index (χ1n) is 9.19. The molecule has 0 spiro atoms. The van der Waals surface area contributed by atoms with Crippen LogP contribution >= 0.6 is 0 Å². The summed E-state index contributed by atoms with van der Waals surface area (Å²) in [5, 5.41) is 11.4. The molecule has 6 heteroatoms. The quantitative estimate of drug-likeness (QED) is 0.781. The molecule has 1 aliphatic rings. The largest absolute Gasteiger partial charge is 0.479 e. The van der Waals surface area contributed by atoms with Crippen LogP contribution < -0.4 is 15.0 Å². The predicted octanol–water partition coefficient (Wildman–Crippen LogP) is 3.47. The molecule has 1 atom stereocenters. The Labute approximate surface area is 165 Å². The number of anilines is 2. The van der Waals surface area contributed by atoms with Crippen LogP contribution in [0.15, 0.2) is 54.6 Å². The van der Waals surface area contributed by atoms with Crippen LogP contribution in [-0.4, -0.2) is 38.3 Å². The van der Waals surface area contributed by atoms with Gasteiger partial charge in [-0.2, -0.15) is 5.26 Å². The molecule has 1 saturated heterocycles. The lowest BCUT2D eigenvalue weighted by atomic mass is 10.2. The van der Waals surface area contributed by atoms with Gasteiger partial charge in [-0.05, 0) is 55.0 Å². The molecule has 1 amide bonds. The van der Waals surface area contributed by atoms with Crippen LogP contribution in [0.4, 0.5) is 11.4 Å². The second-order valence-corrected chi connectivity index (χ2v) is 6.50. The van der Waals surface area contributed by atoms with E-state index in [-0.39, 0.29) is 12.5 Å². The lowest BCUT2D eigenvalue weighted by molar-refractivity contribution is -0.111. The van der Waals surface area contributed by atoms with Crippen molar-refractivity contribution in [1.82, 2.24) is 0 Å². The summed E-state index contributed by atoms with van der Waals surface area (Å²) in [6.45, 7) is 4.49. The third kappa shape index (κ3) is 5.35. The Morgan fingerprint density at radius 2 is 2.04 bits per heavy atom. The monoisotopic (exact) mass is 377 g/mol. The Morgan fingerprint density at radius 3 is 2.71 bits per heavy atom. The number of morpholine rings is 1. The molecular formula is C22H23N3O3. The van der Waals surface area contributed by atoms with Gasteiger partial charge in [0, 0.05) is 30.0 Å². The molecule has 1 fully saturated rings. The van der Waals surface area contributed by atoms with Crippen molar-refractivity contribution < 1.29 is 14.3 Å². The number of hydrogen-bond acceptors (Lipinski definition) is 5. The third-order valence-corrected chi connectivity index (χ3v) is 4.44. The SMILES string of the molecule is CC1COCCN1c1ccc(NC(=O)/C=C/c2ccc(OCC#N)cc2)cc1. The Kier molecular flexibility index (Phi) is 6.66. The van der Waals surface area contributed by atoms with Gasteiger partial charge in [0.1, 0.15) is 11.8 Å². The van der Waals surface area contributed by atoms with E-state index >= 15 is 0 Å². The molecule has 1 aliphatic heterocycles. The van der Waals surface area contributed by atoms with E-state index in [9.17, 15) is 4.79 Å². The highest BCUT2D eigenvalue weighted by atomic mass is 16.5. The number of ether oxygens (including phenoxy) is 2. The third-order valence-electron chi connectivity index (χ3n) is 4.44. The molecule has 0 radical (unpaired) electrons. The second-order valence-electron chi connectivity index (χ2n) is 6.50. The minimum Gasteiger partial charge on any atom is -0.479 e. The summed E-state index contributed by atoms with van der Waals surface area (Å²) in [6.07, 6.45) is 3.22. The van der Waals surface area contributed by atoms with Crippen molar-refractivity contribution >= 4 is 23.4 Å². The van der Waals surface area contributed by atoms with Crippen molar-refractivity contribution in [2.24, 2.45) is 0 Å². The maximum atomic E-state index is 12.1. The lowest BCUT2D eigenvalue weighted by Gasteiger charge is -2.35. The molecule has 0 aromatic heterocycles. The first kappa shape index (κ1) is 19.5. The van der Waals surface area contributed by atoms with Crippen LogP contribution in [0.5, 0.6) is 5.75 Å². The molecule has 28 heavy (non-hydrogen) atoms. The molecule has 0 bridgehead atoms. The van der Waals surface area contributed by atoms with Gasteiger partial charge in [0.05, 0.1) is 13.2 Å². The number of nitriles is 1. The molecule has 0 aliphatic carbocycles. The van der Waals surface area contributed by atoms with Crippen LogP contribution in [0, 0.1) is 11.3 Å². The average molecular weight is 377 g/mol. The minimum absolute atomic E-state index is 0.0147. The van der Waals surface area contributed by atoms with Gasteiger partial charge in [-0.3, -0.25) is 4.79 Å². The molecule has 2 aromatic rings. The molecule has 1 unspecified atom stereocenters. The molecule has 1 heterocycles.